The van der Waals surface area contributed by atoms with Crippen molar-refractivity contribution in [3.05, 3.63) is 83.1 Å². The van der Waals surface area contributed by atoms with Crippen molar-refractivity contribution in [2.24, 2.45) is 5.92 Å². The molecule has 1 saturated carbocycles. The number of Topliss-reactive ketones (excluding diaryl/α,β-unsaturated/α-hetero) is 1. The quantitative estimate of drug-likeness (QED) is 0.382. The molecule has 41 heavy (non-hydrogen) atoms. The lowest BCUT2D eigenvalue weighted by Gasteiger charge is -2.35. The van der Waals surface area contributed by atoms with Crippen molar-refractivity contribution in [3.8, 4) is 23.0 Å². The Morgan fingerprint density at radius 2 is 1.51 bits per heavy atom. The average Bonchev–Trinajstić information content (AvgIpc) is 3.86. The SMILES string of the molecule is COc1ccc(C2CC(=O)C3=C(C2)Nc2ccccc2N(C(=O)C2CC2)C3c2cc(OC)c(OC)c(OC)c2)cc1. The van der Waals surface area contributed by atoms with Crippen molar-refractivity contribution < 1.29 is 28.5 Å². The van der Waals surface area contributed by atoms with E-state index in [0.29, 0.717) is 35.7 Å². The van der Waals surface area contributed by atoms with Gasteiger partial charge in [0.2, 0.25) is 11.7 Å². The van der Waals surface area contributed by atoms with Gasteiger partial charge in [-0.15, -0.1) is 0 Å². The molecule has 0 aromatic heterocycles. The second-order valence-corrected chi connectivity index (χ2v) is 10.7. The highest BCUT2D eigenvalue weighted by Crippen LogP contribution is 2.51. The van der Waals surface area contributed by atoms with Gasteiger partial charge in [0.1, 0.15) is 5.75 Å². The van der Waals surface area contributed by atoms with Gasteiger partial charge in [0.05, 0.1) is 45.9 Å². The van der Waals surface area contributed by atoms with E-state index in [9.17, 15) is 9.59 Å². The number of hydrogen-bond acceptors (Lipinski definition) is 7. The Balaban J connectivity index is 1.55. The number of carbonyl (C=O) groups is 2. The Hall–Kier alpha value is -4.46. The van der Waals surface area contributed by atoms with Crippen LogP contribution < -0.4 is 29.2 Å². The summed E-state index contributed by atoms with van der Waals surface area (Å²) in [6, 6.07) is 18.7. The summed E-state index contributed by atoms with van der Waals surface area (Å²) in [7, 11) is 6.32. The van der Waals surface area contributed by atoms with Gasteiger partial charge >= 0.3 is 0 Å². The van der Waals surface area contributed by atoms with Gasteiger partial charge in [0, 0.05) is 23.6 Å². The molecule has 1 N–H and O–H groups in total. The van der Waals surface area contributed by atoms with Crippen LogP contribution in [0.1, 0.15) is 48.8 Å². The number of ether oxygens (including phenoxy) is 4. The molecule has 2 atom stereocenters. The van der Waals surface area contributed by atoms with Gasteiger partial charge in [-0.1, -0.05) is 24.3 Å². The van der Waals surface area contributed by atoms with Gasteiger partial charge in [-0.2, -0.15) is 0 Å². The lowest BCUT2D eigenvalue weighted by molar-refractivity contribution is -0.120. The van der Waals surface area contributed by atoms with E-state index in [2.05, 4.69) is 5.32 Å². The highest BCUT2D eigenvalue weighted by atomic mass is 16.5. The third kappa shape index (κ3) is 4.77. The summed E-state index contributed by atoms with van der Waals surface area (Å²) in [6.45, 7) is 0. The van der Waals surface area contributed by atoms with Crippen molar-refractivity contribution in [1.29, 1.82) is 0 Å². The molecule has 212 valence electrons. The fraction of sp³-hybridized carbons (Fsp3) is 0.333. The number of fused-ring (bicyclic) bond motifs is 1. The number of carbonyl (C=O) groups excluding carboxylic acids is 2. The molecule has 1 fully saturated rings. The fourth-order valence-corrected chi connectivity index (χ4v) is 6.05. The molecular weight excluding hydrogens is 520 g/mol. The molecule has 1 aliphatic heterocycles. The molecule has 1 amide bonds. The number of methoxy groups -OCH3 is 4. The van der Waals surface area contributed by atoms with Crippen molar-refractivity contribution in [2.75, 3.05) is 38.7 Å². The summed E-state index contributed by atoms with van der Waals surface area (Å²) in [6.07, 6.45) is 2.63. The lowest BCUT2D eigenvalue weighted by Crippen LogP contribution is -2.39. The predicted molar refractivity (Wildman–Crippen MR) is 156 cm³/mol. The third-order valence-electron chi connectivity index (χ3n) is 8.24. The monoisotopic (exact) mass is 554 g/mol. The summed E-state index contributed by atoms with van der Waals surface area (Å²) in [4.78, 5) is 30.2. The van der Waals surface area contributed by atoms with E-state index in [-0.39, 0.29) is 23.5 Å². The third-order valence-corrected chi connectivity index (χ3v) is 8.24. The Kier molecular flexibility index (Phi) is 7.07. The zero-order valence-corrected chi connectivity index (χ0v) is 23.7. The molecule has 0 radical (unpaired) electrons. The Bertz CT molecular complexity index is 1500. The Morgan fingerprint density at radius 3 is 2.12 bits per heavy atom. The number of allylic oxidation sites excluding steroid dienone is 1. The van der Waals surface area contributed by atoms with Crippen molar-refractivity contribution in [3.63, 3.8) is 0 Å². The second kappa shape index (κ2) is 10.8. The maximum absolute atomic E-state index is 14.3. The Morgan fingerprint density at radius 1 is 0.829 bits per heavy atom. The number of nitrogens with one attached hydrogen (secondary N) is 1. The van der Waals surface area contributed by atoms with E-state index in [0.717, 1.165) is 46.8 Å². The van der Waals surface area contributed by atoms with E-state index in [1.165, 1.54) is 0 Å². The first kappa shape index (κ1) is 26.7. The molecule has 3 aliphatic rings. The minimum absolute atomic E-state index is 0.000257. The Labute approximate surface area is 239 Å². The molecule has 0 bridgehead atoms. The summed E-state index contributed by atoms with van der Waals surface area (Å²) in [5.74, 6) is 2.08. The van der Waals surface area contributed by atoms with Crippen LogP contribution in [-0.4, -0.2) is 40.1 Å². The van der Waals surface area contributed by atoms with Crippen molar-refractivity contribution in [2.45, 2.75) is 37.6 Å². The van der Waals surface area contributed by atoms with Crippen LogP contribution in [0.4, 0.5) is 11.4 Å². The molecule has 3 aromatic rings. The smallest absolute Gasteiger partial charge is 0.231 e. The number of nitrogens with zero attached hydrogens (tertiary/aromatic N) is 1. The van der Waals surface area contributed by atoms with Crippen LogP contribution in [0.3, 0.4) is 0 Å². The van der Waals surface area contributed by atoms with Crippen molar-refractivity contribution >= 4 is 23.1 Å². The first-order valence-electron chi connectivity index (χ1n) is 13.9. The molecule has 2 unspecified atom stereocenters. The summed E-state index contributed by atoms with van der Waals surface area (Å²) >= 11 is 0. The minimum Gasteiger partial charge on any atom is -0.497 e. The number of ketones is 1. The van der Waals surface area contributed by atoms with Crippen LogP contribution in [0.2, 0.25) is 0 Å². The zero-order valence-electron chi connectivity index (χ0n) is 23.7. The number of hydrogen-bond donors (Lipinski definition) is 1. The normalized spacial score (nSPS) is 19.9. The molecule has 6 rings (SSSR count). The van der Waals surface area contributed by atoms with Gasteiger partial charge in [0.15, 0.2) is 17.3 Å². The number of para-hydroxylation sites is 2. The molecular formula is C33H34N2O6. The van der Waals surface area contributed by atoms with Crippen LogP contribution in [0, 0.1) is 5.92 Å². The maximum Gasteiger partial charge on any atom is 0.231 e. The highest BCUT2D eigenvalue weighted by molar-refractivity contribution is 6.07. The standard InChI is InChI=1S/C33H34N2O6/c1-38-23-13-11-19(12-14-23)21-15-25-30(27(36)16-21)31(22-17-28(39-2)32(41-4)29(18-22)40-3)35(33(37)20-9-10-20)26-8-6-5-7-24(26)34-25/h5-8,11-14,17-18,20-21,31,34H,9-10,15-16H2,1-4H3. The van der Waals surface area contributed by atoms with E-state index in [1.54, 1.807) is 28.4 Å². The molecule has 0 saturated heterocycles. The van der Waals surface area contributed by atoms with Crippen molar-refractivity contribution in [1.82, 2.24) is 0 Å². The minimum atomic E-state index is -0.674. The maximum atomic E-state index is 14.3. The van der Waals surface area contributed by atoms with Gasteiger partial charge < -0.3 is 24.3 Å². The van der Waals surface area contributed by atoms with Crippen LogP contribution in [0.15, 0.2) is 71.9 Å². The van der Waals surface area contributed by atoms with Crippen LogP contribution in [-0.2, 0) is 9.59 Å². The van der Waals surface area contributed by atoms with E-state index < -0.39 is 6.04 Å². The molecule has 8 heteroatoms. The van der Waals surface area contributed by atoms with Crippen LogP contribution in [0.5, 0.6) is 23.0 Å². The number of benzene rings is 3. The number of amides is 1. The number of anilines is 2. The highest BCUT2D eigenvalue weighted by Gasteiger charge is 2.45. The van der Waals surface area contributed by atoms with Gasteiger partial charge in [0.25, 0.3) is 0 Å². The first-order valence-corrected chi connectivity index (χ1v) is 13.9. The largest absolute Gasteiger partial charge is 0.497 e. The zero-order chi connectivity index (χ0) is 28.7. The van der Waals surface area contributed by atoms with E-state index in [4.69, 9.17) is 18.9 Å². The fourth-order valence-electron chi connectivity index (χ4n) is 6.05. The lowest BCUT2D eigenvalue weighted by atomic mass is 9.78. The molecule has 1 heterocycles. The first-order chi connectivity index (χ1) is 20.0. The van der Waals surface area contributed by atoms with Gasteiger partial charge in [-0.25, -0.2) is 0 Å². The van der Waals surface area contributed by atoms with E-state index in [1.807, 2.05) is 65.6 Å². The van der Waals surface area contributed by atoms with Gasteiger partial charge in [-0.05, 0) is 72.7 Å². The van der Waals surface area contributed by atoms with Gasteiger partial charge in [-0.3, -0.25) is 14.5 Å². The summed E-state index contributed by atoms with van der Waals surface area (Å²) in [5.41, 5.74) is 4.74. The second-order valence-electron chi connectivity index (χ2n) is 10.7. The molecule has 3 aromatic carbocycles. The molecule has 8 nitrogen and oxygen atoms in total. The topological polar surface area (TPSA) is 86.3 Å². The van der Waals surface area contributed by atoms with Crippen LogP contribution >= 0.6 is 0 Å². The summed E-state index contributed by atoms with van der Waals surface area (Å²) in [5, 5.41) is 3.59. The molecule has 2 aliphatic carbocycles. The average molecular weight is 555 g/mol. The van der Waals surface area contributed by atoms with Crippen LogP contribution in [0.25, 0.3) is 0 Å². The molecule has 0 spiro atoms. The number of rotatable bonds is 7. The summed E-state index contributed by atoms with van der Waals surface area (Å²) < 4.78 is 22.3. The predicted octanol–water partition coefficient (Wildman–Crippen LogP) is 6.03. The van der Waals surface area contributed by atoms with E-state index >= 15 is 0 Å².